The molecule has 7 nitrogen and oxygen atoms in total. The number of nitrogens with zero attached hydrogens (tertiary/aromatic N) is 3. The first-order chi connectivity index (χ1) is 15.1. The summed E-state index contributed by atoms with van der Waals surface area (Å²) >= 11 is 0. The van der Waals surface area contributed by atoms with E-state index in [1.165, 1.54) is 19.3 Å². The second-order valence-electron chi connectivity index (χ2n) is 7.55. The van der Waals surface area contributed by atoms with Gasteiger partial charge in [-0.05, 0) is 50.6 Å². The number of benzene rings is 1. The Kier molecular flexibility index (Phi) is 9.52. The molecule has 3 rings (SSSR count). The summed E-state index contributed by atoms with van der Waals surface area (Å²) in [6, 6.07) is 3.02. The van der Waals surface area contributed by atoms with Crippen LogP contribution in [0.2, 0.25) is 0 Å². The molecule has 1 aromatic carbocycles. The van der Waals surface area contributed by atoms with Crippen LogP contribution >= 0.6 is 0 Å². The Morgan fingerprint density at radius 1 is 1.15 bits per heavy atom. The maximum atomic E-state index is 13.4. The fraction of sp³-hybridized carbons (Fsp3) is 0.476. The number of carboxylic acids is 1. The van der Waals surface area contributed by atoms with Crippen LogP contribution in [-0.4, -0.2) is 57.8 Å². The van der Waals surface area contributed by atoms with Gasteiger partial charge in [0.05, 0.1) is 12.2 Å². The van der Waals surface area contributed by atoms with Crippen LogP contribution in [0.3, 0.4) is 0 Å². The van der Waals surface area contributed by atoms with Crippen LogP contribution in [0.4, 0.5) is 17.6 Å². The SMILES string of the molecule is O=C(Cn1nc(OCCCN2CCCCC2)cc1C(=O)O)c1ccc(F)c(C(F)(F)F)c1.[H-].[Li+]. The fourth-order valence-corrected chi connectivity index (χ4v) is 3.55. The van der Waals surface area contributed by atoms with Crippen LogP contribution in [0.1, 0.15) is 53.5 Å². The first kappa shape index (κ1) is 26.9. The normalized spacial score (nSPS) is 14.5. The van der Waals surface area contributed by atoms with Crippen LogP contribution in [0.5, 0.6) is 5.88 Å². The zero-order valence-electron chi connectivity index (χ0n) is 19.2. The van der Waals surface area contributed by atoms with Gasteiger partial charge in [-0.15, -0.1) is 5.10 Å². The maximum Gasteiger partial charge on any atom is 1.00 e. The van der Waals surface area contributed by atoms with E-state index in [9.17, 15) is 32.3 Å². The molecule has 0 atom stereocenters. The van der Waals surface area contributed by atoms with Crippen molar-refractivity contribution in [2.24, 2.45) is 0 Å². The van der Waals surface area contributed by atoms with Crippen molar-refractivity contribution < 1.29 is 57.3 Å². The number of likely N-dealkylation sites (tertiary alicyclic amines) is 1. The van der Waals surface area contributed by atoms with Crippen molar-refractivity contribution in [3.05, 3.63) is 46.9 Å². The molecule has 0 radical (unpaired) electrons. The number of alkyl halides is 3. The summed E-state index contributed by atoms with van der Waals surface area (Å²) < 4.78 is 58.5. The number of aromatic nitrogens is 2. The van der Waals surface area contributed by atoms with E-state index in [0.29, 0.717) is 25.2 Å². The monoisotopic (exact) mass is 465 g/mol. The summed E-state index contributed by atoms with van der Waals surface area (Å²) in [7, 11) is 0. The van der Waals surface area contributed by atoms with Crippen molar-refractivity contribution in [1.29, 1.82) is 0 Å². The van der Waals surface area contributed by atoms with E-state index in [-0.39, 0.29) is 31.9 Å². The van der Waals surface area contributed by atoms with Gasteiger partial charge in [0.25, 0.3) is 0 Å². The Bertz CT molecular complexity index is 981. The van der Waals surface area contributed by atoms with Crippen molar-refractivity contribution >= 4 is 11.8 Å². The molecule has 1 saturated heterocycles. The van der Waals surface area contributed by atoms with Gasteiger partial charge in [0.1, 0.15) is 12.4 Å². The molecule has 1 fully saturated rings. The van der Waals surface area contributed by atoms with Crippen molar-refractivity contribution in [2.45, 2.75) is 38.4 Å². The molecule has 1 N–H and O–H groups in total. The number of hydrogen-bond donors (Lipinski definition) is 1. The Morgan fingerprint density at radius 2 is 1.85 bits per heavy atom. The summed E-state index contributed by atoms with van der Waals surface area (Å²) in [5.74, 6) is -3.72. The minimum absolute atomic E-state index is 0. The average Bonchev–Trinajstić information content (AvgIpc) is 3.14. The molecule has 0 unspecified atom stereocenters. The van der Waals surface area contributed by atoms with Gasteiger partial charge < -0.3 is 16.2 Å². The van der Waals surface area contributed by atoms with Crippen LogP contribution in [-0.2, 0) is 12.7 Å². The number of ether oxygens (including phenoxy) is 1. The number of Topliss-reactive ketones (excluding diaryl/α,β-unsaturated/α-hetero) is 1. The number of halogens is 4. The number of carbonyl (C=O) groups excluding carboxylic acids is 1. The van der Waals surface area contributed by atoms with E-state index in [0.717, 1.165) is 36.4 Å². The Balaban J connectivity index is 0.00000289. The molecule has 0 spiro atoms. The van der Waals surface area contributed by atoms with Crippen molar-refractivity contribution in [1.82, 2.24) is 14.7 Å². The van der Waals surface area contributed by atoms with E-state index >= 15 is 0 Å². The van der Waals surface area contributed by atoms with Gasteiger partial charge in [0.15, 0.2) is 11.5 Å². The predicted octanol–water partition coefficient (Wildman–Crippen LogP) is 0.993. The van der Waals surface area contributed by atoms with Crippen molar-refractivity contribution in [3.8, 4) is 5.88 Å². The van der Waals surface area contributed by atoms with Gasteiger partial charge in [-0.2, -0.15) is 13.2 Å². The van der Waals surface area contributed by atoms with Crippen LogP contribution in [0.15, 0.2) is 24.3 Å². The summed E-state index contributed by atoms with van der Waals surface area (Å²) in [5.41, 5.74) is -2.32. The van der Waals surface area contributed by atoms with Crippen LogP contribution in [0.25, 0.3) is 0 Å². The molecule has 2 aromatic rings. The molecule has 2 heterocycles. The van der Waals surface area contributed by atoms with E-state index in [1.54, 1.807) is 0 Å². The van der Waals surface area contributed by atoms with Gasteiger partial charge in [-0.3, -0.25) is 4.79 Å². The largest absolute Gasteiger partial charge is 1.00 e. The third-order valence-electron chi connectivity index (χ3n) is 5.18. The van der Waals surface area contributed by atoms with Gasteiger partial charge in [0.2, 0.25) is 5.88 Å². The van der Waals surface area contributed by atoms with E-state index in [2.05, 4.69) is 10.00 Å². The zero-order chi connectivity index (χ0) is 23.3. The molecule has 0 amide bonds. The van der Waals surface area contributed by atoms with Gasteiger partial charge in [-0.25, -0.2) is 13.9 Å². The third kappa shape index (κ3) is 7.32. The van der Waals surface area contributed by atoms with Gasteiger partial charge in [-0.1, -0.05) is 6.42 Å². The van der Waals surface area contributed by atoms with Gasteiger partial charge in [0, 0.05) is 18.2 Å². The number of hydrogen-bond acceptors (Lipinski definition) is 5. The third-order valence-corrected chi connectivity index (χ3v) is 5.18. The van der Waals surface area contributed by atoms with Crippen LogP contribution in [0, 0.1) is 5.82 Å². The topological polar surface area (TPSA) is 84.7 Å². The molecule has 176 valence electrons. The molecule has 0 aliphatic carbocycles. The van der Waals surface area contributed by atoms with Crippen molar-refractivity contribution in [2.75, 3.05) is 26.2 Å². The molecular weight excluding hydrogens is 441 g/mol. The minimum atomic E-state index is -4.96. The molecule has 33 heavy (non-hydrogen) atoms. The second-order valence-corrected chi connectivity index (χ2v) is 7.55. The number of carboxylic acid groups (broad SMARTS) is 1. The average molecular weight is 465 g/mol. The molecule has 1 aliphatic heterocycles. The number of ketones is 1. The quantitative estimate of drug-likeness (QED) is 0.258. The summed E-state index contributed by atoms with van der Waals surface area (Å²) in [6.07, 6.45) is -0.687. The number of carbonyl (C=O) groups is 2. The molecule has 1 aromatic heterocycles. The van der Waals surface area contributed by atoms with Gasteiger partial charge >= 0.3 is 31.0 Å². The van der Waals surface area contributed by atoms with E-state index < -0.39 is 41.4 Å². The summed E-state index contributed by atoms with van der Waals surface area (Å²) in [5, 5.41) is 13.3. The van der Waals surface area contributed by atoms with E-state index in [4.69, 9.17) is 4.74 Å². The Hall–Kier alpha value is -2.35. The summed E-state index contributed by atoms with van der Waals surface area (Å²) in [6.45, 7) is 2.59. The number of rotatable bonds is 9. The Labute approximate surface area is 201 Å². The number of aromatic carboxylic acids is 1. The van der Waals surface area contributed by atoms with Crippen molar-refractivity contribution in [3.63, 3.8) is 0 Å². The standard InChI is InChI=1S/C21H23F4N3O4.Li.H/c22-16-6-5-14(11-15(16)21(23,24)25)18(29)13-28-17(20(30)31)12-19(26-28)32-10-4-9-27-7-2-1-3-8-27;;/h5-6,11-12H,1-4,7-10,13H2,(H,30,31);;/q;+1;-1. The predicted molar refractivity (Wildman–Crippen MR) is 106 cm³/mol. The minimum Gasteiger partial charge on any atom is -1.00 e. The first-order valence-corrected chi connectivity index (χ1v) is 10.2. The fourth-order valence-electron chi connectivity index (χ4n) is 3.55. The number of piperidine rings is 1. The summed E-state index contributed by atoms with van der Waals surface area (Å²) in [4.78, 5) is 26.2. The molecule has 1 aliphatic rings. The molecule has 0 saturated carbocycles. The van der Waals surface area contributed by atoms with E-state index in [1.807, 2.05) is 0 Å². The molecule has 0 bridgehead atoms. The smallest absolute Gasteiger partial charge is 1.00 e. The molecular formula is C21H24F4LiN3O4. The first-order valence-electron chi connectivity index (χ1n) is 10.2. The second kappa shape index (κ2) is 11.7. The maximum absolute atomic E-state index is 13.4. The van der Waals surface area contributed by atoms with Crippen LogP contribution < -0.4 is 23.6 Å². The zero-order valence-corrected chi connectivity index (χ0v) is 18.2. The molecule has 12 heteroatoms. The Morgan fingerprint density at radius 3 is 2.48 bits per heavy atom.